The summed E-state index contributed by atoms with van der Waals surface area (Å²) in [5.41, 5.74) is 7.57. The molecule has 0 unspecified atom stereocenters. The van der Waals surface area contributed by atoms with Crippen molar-refractivity contribution >= 4 is 38.1 Å². The van der Waals surface area contributed by atoms with Crippen LogP contribution in [-0.2, 0) is 6.42 Å². The summed E-state index contributed by atoms with van der Waals surface area (Å²) in [5.74, 6) is 0.712. The molecule has 0 aliphatic heterocycles. The van der Waals surface area contributed by atoms with Crippen molar-refractivity contribution in [1.82, 2.24) is 14.5 Å². The van der Waals surface area contributed by atoms with E-state index in [2.05, 4.69) is 59.5 Å². The molecular weight excluding hydrogens is 476 g/mol. The number of pyridine rings is 2. The average molecular weight is 503 g/mol. The quantitative estimate of drug-likeness (QED) is 0.258. The van der Waals surface area contributed by atoms with E-state index in [1.54, 1.807) is 17.5 Å². The molecule has 0 amide bonds. The van der Waals surface area contributed by atoms with Crippen molar-refractivity contribution in [2.45, 2.75) is 26.3 Å². The second-order valence-corrected chi connectivity index (χ2v) is 9.98. The SMILES string of the molecule is CCc1cccc(-c2cccc3cc([C@H](C)Nc4nccc5scnc45)n(-c4ccccc4)c(=O)c23)c1. The summed E-state index contributed by atoms with van der Waals surface area (Å²) in [5, 5.41) is 5.16. The molecule has 1 N–H and O–H groups in total. The first-order valence-electron chi connectivity index (χ1n) is 12.4. The van der Waals surface area contributed by atoms with E-state index in [1.165, 1.54) is 5.56 Å². The third-order valence-corrected chi connectivity index (χ3v) is 7.58. The molecule has 3 aromatic carbocycles. The minimum atomic E-state index is -0.204. The van der Waals surface area contributed by atoms with E-state index in [4.69, 9.17) is 0 Å². The van der Waals surface area contributed by atoms with Gasteiger partial charge >= 0.3 is 0 Å². The third-order valence-electron chi connectivity index (χ3n) is 6.78. The summed E-state index contributed by atoms with van der Waals surface area (Å²) < 4.78 is 2.90. The van der Waals surface area contributed by atoms with Gasteiger partial charge in [0.2, 0.25) is 0 Å². The zero-order valence-electron chi connectivity index (χ0n) is 20.7. The second-order valence-electron chi connectivity index (χ2n) is 9.09. The van der Waals surface area contributed by atoms with Crippen LogP contribution in [0.5, 0.6) is 0 Å². The van der Waals surface area contributed by atoms with E-state index in [-0.39, 0.29) is 11.6 Å². The second kappa shape index (κ2) is 9.64. The number of hydrogen-bond donors (Lipinski definition) is 1. The van der Waals surface area contributed by atoms with E-state index in [0.717, 1.165) is 49.9 Å². The van der Waals surface area contributed by atoms with Gasteiger partial charge in [-0.15, -0.1) is 11.3 Å². The topological polar surface area (TPSA) is 59.8 Å². The van der Waals surface area contributed by atoms with Crippen LogP contribution in [0.1, 0.15) is 31.1 Å². The van der Waals surface area contributed by atoms with Gasteiger partial charge in [0.05, 0.1) is 21.6 Å². The van der Waals surface area contributed by atoms with Crippen LogP contribution in [0, 0.1) is 0 Å². The number of aromatic nitrogens is 3. The lowest BCUT2D eigenvalue weighted by atomic mass is 9.96. The van der Waals surface area contributed by atoms with Gasteiger partial charge in [-0.2, -0.15) is 0 Å². The molecule has 6 aromatic rings. The van der Waals surface area contributed by atoms with Crippen LogP contribution < -0.4 is 10.9 Å². The van der Waals surface area contributed by atoms with E-state index < -0.39 is 0 Å². The van der Waals surface area contributed by atoms with E-state index >= 15 is 0 Å². The number of anilines is 1. The van der Waals surface area contributed by atoms with Crippen molar-refractivity contribution in [3.63, 3.8) is 0 Å². The summed E-state index contributed by atoms with van der Waals surface area (Å²) >= 11 is 1.58. The maximum atomic E-state index is 14.3. The monoisotopic (exact) mass is 502 g/mol. The van der Waals surface area contributed by atoms with Gasteiger partial charge in [0.25, 0.3) is 5.56 Å². The fourth-order valence-corrected chi connectivity index (χ4v) is 5.59. The van der Waals surface area contributed by atoms with Gasteiger partial charge in [-0.25, -0.2) is 9.97 Å². The Kier molecular flexibility index (Phi) is 6.02. The van der Waals surface area contributed by atoms with Gasteiger partial charge in [-0.3, -0.25) is 9.36 Å². The molecule has 0 radical (unpaired) electrons. The maximum Gasteiger partial charge on any atom is 0.263 e. The molecule has 0 saturated heterocycles. The molecular formula is C31H26N4OS. The first-order valence-corrected chi connectivity index (χ1v) is 13.3. The van der Waals surface area contributed by atoms with Crippen LogP contribution in [0.25, 0.3) is 37.8 Å². The Labute approximate surface area is 219 Å². The Morgan fingerprint density at radius 3 is 2.62 bits per heavy atom. The summed E-state index contributed by atoms with van der Waals surface area (Å²) in [7, 11) is 0. The van der Waals surface area contributed by atoms with Gasteiger partial charge < -0.3 is 5.32 Å². The van der Waals surface area contributed by atoms with Gasteiger partial charge in [0.1, 0.15) is 5.52 Å². The Morgan fingerprint density at radius 2 is 1.78 bits per heavy atom. The van der Waals surface area contributed by atoms with Crippen molar-refractivity contribution in [3.8, 4) is 16.8 Å². The maximum absolute atomic E-state index is 14.3. The average Bonchev–Trinajstić information content (AvgIpc) is 3.43. The first kappa shape index (κ1) is 23.1. The number of aryl methyl sites for hydroxylation is 1. The summed E-state index contributed by atoms with van der Waals surface area (Å²) in [4.78, 5) is 23.4. The molecule has 1 atom stereocenters. The van der Waals surface area contributed by atoms with E-state index in [1.807, 2.05) is 64.7 Å². The van der Waals surface area contributed by atoms with Gasteiger partial charge in [0, 0.05) is 17.6 Å². The zero-order valence-corrected chi connectivity index (χ0v) is 21.5. The molecule has 0 aliphatic rings. The van der Waals surface area contributed by atoms with Crippen LogP contribution in [-0.4, -0.2) is 14.5 Å². The number of nitrogens with zero attached hydrogens (tertiary/aromatic N) is 3. The predicted molar refractivity (Wildman–Crippen MR) is 154 cm³/mol. The number of para-hydroxylation sites is 1. The molecule has 0 spiro atoms. The lowest BCUT2D eigenvalue weighted by Gasteiger charge is -2.22. The van der Waals surface area contributed by atoms with E-state index in [0.29, 0.717) is 5.82 Å². The minimum Gasteiger partial charge on any atom is -0.360 e. The molecule has 0 aliphatic carbocycles. The molecule has 6 heteroatoms. The highest BCUT2D eigenvalue weighted by atomic mass is 32.1. The summed E-state index contributed by atoms with van der Waals surface area (Å²) in [6.45, 7) is 4.20. The van der Waals surface area contributed by atoms with Crippen molar-refractivity contribution in [2.75, 3.05) is 5.32 Å². The van der Waals surface area contributed by atoms with Crippen LogP contribution in [0.15, 0.2) is 101 Å². The number of fused-ring (bicyclic) bond motifs is 2. The molecule has 0 saturated carbocycles. The summed E-state index contributed by atoms with van der Waals surface area (Å²) in [6.07, 6.45) is 2.73. The standard InChI is InChI=1S/C31H26N4OS/c1-3-21-9-7-10-22(17-21)25-14-8-11-23-18-26(35(31(36)28(23)25)24-12-5-4-6-13-24)20(2)34-30-29-27(15-16-32-30)37-19-33-29/h4-20H,3H2,1-2H3,(H,32,34)/t20-/m0/s1. The number of nitrogens with one attached hydrogen (secondary N) is 1. The first-order chi connectivity index (χ1) is 18.1. The molecule has 0 fully saturated rings. The lowest BCUT2D eigenvalue weighted by molar-refractivity contribution is 0.774. The molecule has 37 heavy (non-hydrogen) atoms. The largest absolute Gasteiger partial charge is 0.360 e. The fraction of sp³-hybridized carbons (Fsp3) is 0.129. The van der Waals surface area contributed by atoms with Gasteiger partial charge in [-0.1, -0.05) is 67.6 Å². The van der Waals surface area contributed by atoms with Crippen molar-refractivity contribution < 1.29 is 0 Å². The normalized spacial score (nSPS) is 12.2. The minimum absolute atomic E-state index is 0.0373. The highest BCUT2D eigenvalue weighted by molar-refractivity contribution is 7.16. The Balaban J connectivity index is 1.57. The van der Waals surface area contributed by atoms with Crippen molar-refractivity contribution in [3.05, 3.63) is 118 Å². The predicted octanol–water partition coefficient (Wildman–Crippen LogP) is 7.40. The molecule has 182 valence electrons. The highest BCUT2D eigenvalue weighted by Gasteiger charge is 2.20. The summed E-state index contributed by atoms with van der Waals surface area (Å²) in [6, 6.07) is 28.3. The highest BCUT2D eigenvalue weighted by Crippen LogP contribution is 2.31. The van der Waals surface area contributed by atoms with Gasteiger partial charge in [0.15, 0.2) is 5.82 Å². The van der Waals surface area contributed by atoms with Crippen LogP contribution in [0.3, 0.4) is 0 Å². The van der Waals surface area contributed by atoms with Crippen molar-refractivity contribution in [2.24, 2.45) is 0 Å². The molecule has 0 bridgehead atoms. The fourth-order valence-electron chi connectivity index (χ4n) is 4.92. The smallest absolute Gasteiger partial charge is 0.263 e. The Hall–Kier alpha value is -4.29. The van der Waals surface area contributed by atoms with Crippen molar-refractivity contribution in [1.29, 1.82) is 0 Å². The van der Waals surface area contributed by atoms with E-state index in [9.17, 15) is 4.79 Å². The zero-order chi connectivity index (χ0) is 25.4. The number of hydrogen-bond acceptors (Lipinski definition) is 5. The number of benzene rings is 3. The van der Waals surface area contributed by atoms with Crippen LogP contribution in [0.4, 0.5) is 5.82 Å². The van der Waals surface area contributed by atoms with Crippen LogP contribution in [0.2, 0.25) is 0 Å². The molecule has 3 heterocycles. The molecule has 3 aromatic heterocycles. The van der Waals surface area contributed by atoms with Crippen LogP contribution >= 0.6 is 11.3 Å². The Bertz CT molecular complexity index is 1790. The molecule has 5 nitrogen and oxygen atoms in total. The van der Waals surface area contributed by atoms with Gasteiger partial charge in [-0.05, 0) is 59.7 Å². The number of rotatable bonds is 6. The number of thiazole rings is 1. The Morgan fingerprint density at radius 1 is 0.946 bits per heavy atom. The lowest BCUT2D eigenvalue weighted by Crippen LogP contribution is -2.26. The third kappa shape index (κ3) is 4.19. The molecule has 6 rings (SSSR count).